The maximum atomic E-state index is 12.6. The van der Waals surface area contributed by atoms with Gasteiger partial charge in [0.05, 0.1) is 11.9 Å². The topological polar surface area (TPSA) is 66.5 Å². The maximum absolute atomic E-state index is 12.6. The lowest BCUT2D eigenvalue weighted by atomic mass is 10.1. The number of rotatable bonds is 7. The first-order valence-corrected chi connectivity index (χ1v) is 10.5. The first-order valence-electron chi connectivity index (χ1n) is 8.64. The highest BCUT2D eigenvalue weighted by atomic mass is 32.2. The average Bonchev–Trinajstić information content (AvgIpc) is 2.60. The molecule has 1 amide bonds. The number of carbonyl (C=O) groups is 1. The van der Waals surface area contributed by atoms with E-state index in [0.29, 0.717) is 12.2 Å². The molecule has 0 saturated heterocycles. The van der Waals surface area contributed by atoms with E-state index in [-0.39, 0.29) is 5.91 Å². The summed E-state index contributed by atoms with van der Waals surface area (Å²) in [5.41, 5.74) is 3.71. The van der Waals surface area contributed by atoms with Gasteiger partial charge in [-0.05, 0) is 43.5 Å². The first-order chi connectivity index (χ1) is 12.2. The molecule has 0 saturated carbocycles. The third kappa shape index (κ3) is 5.08. The van der Waals surface area contributed by atoms with Crippen molar-refractivity contribution < 1.29 is 13.2 Å². The summed E-state index contributed by atoms with van der Waals surface area (Å²) < 4.78 is 25.7. The number of hydrogen-bond acceptors (Lipinski definition) is 3. The van der Waals surface area contributed by atoms with Crippen molar-refractivity contribution in [2.24, 2.45) is 0 Å². The Hall–Kier alpha value is -2.34. The lowest BCUT2D eigenvalue weighted by Crippen LogP contribution is -2.47. The molecule has 2 aromatic carbocycles. The van der Waals surface area contributed by atoms with Crippen LogP contribution in [-0.4, -0.2) is 26.6 Å². The molecule has 0 aliphatic carbocycles. The Morgan fingerprint density at radius 3 is 2.08 bits per heavy atom. The van der Waals surface area contributed by atoms with Crippen LogP contribution in [0.5, 0.6) is 0 Å². The van der Waals surface area contributed by atoms with Crippen LogP contribution in [-0.2, 0) is 27.8 Å². The number of carbonyl (C=O) groups excluding carboxylic acids is 1. The third-order valence-corrected chi connectivity index (χ3v) is 5.52. The number of nitrogens with zero attached hydrogens (tertiary/aromatic N) is 1. The summed E-state index contributed by atoms with van der Waals surface area (Å²) in [6, 6.07) is 14.2. The van der Waals surface area contributed by atoms with Gasteiger partial charge in [-0.2, -0.15) is 0 Å². The number of benzene rings is 2. The highest BCUT2D eigenvalue weighted by Gasteiger charge is 2.28. The van der Waals surface area contributed by atoms with E-state index in [2.05, 4.69) is 5.32 Å². The minimum Gasteiger partial charge on any atom is -0.350 e. The number of aryl methyl sites for hydroxylation is 2. The van der Waals surface area contributed by atoms with Crippen molar-refractivity contribution >= 4 is 21.6 Å². The summed E-state index contributed by atoms with van der Waals surface area (Å²) in [7, 11) is -3.60. The number of hydrogen-bond donors (Lipinski definition) is 1. The standard InChI is InChI=1S/C20H26N2O3S/c1-5-17-10-12-19(13-11-17)22(26(4,24)25)16(3)20(23)21-14-18-8-6-15(2)7-9-18/h6-13,16H,5,14H2,1-4H3,(H,21,23)/t16-/m1/s1. The Kier molecular flexibility index (Phi) is 6.42. The van der Waals surface area contributed by atoms with E-state index >= 15 is 0 Å². The Bertz CT molecular complexity index is 844. The van der Waals surface area contributed by atoms with Gasteiger partial charge in [0.15, 0.2) is 0 Å². The second-order valence-corrected chi connectivity index (χ2v) is 8.32. The molecule has 0 heterocycles. The monoisotopic (exact) mass is 374 g/mol. The number of nitrogens with one attached hydrogen (secondary N) is 1. The molecule has 0 unspecified atom stereocenters. The molecule has 2 aromatic rings. The van der Waals surface area contributed by atoms with Crippen LogP contribution in [0.3, 0.4) is 0 Å². The van der Waals surface area contributed by atoms with E-state index in [1.807, 2.05) is 50.2 Å². The molecule has 26 heavy (non-hydrogen) atoms. The van der Waals surface area contributed by atoms with Gasteiger partial charge in [-0.1, -0.05) is 48.9 Å². The highest BCUT2D eigenvalue weighted by Crippen LogP contribution is 2.21. The SMILES string of the molecule is CCc1ccc(N([C@H](C)C(=O)NCc2ccc(C)cc2)S(C)(=O)=O)cc1. The fraction of sp³-hybridized carbons (Fsp3) is 0.350. The van der Waals surface area contributed by atoms with Gasteiger partial charge in [-0.25, -0.2) is 8.42 Å². The lowest BCUT2D eigenvalue weighted by Gasteiger charge is -2.28. The predicted octanol–water partition coefficient (Wildman–Crippen LogP) is 3.03. The van der Waals surface area contributed by atoms with Crippen LogP contribution in [0, 0.1) is 6.92 Å². The van der Waals surface area contributed by atoms with Gasteiger partial charge in [0.1, 0.15) is 6.04 Å². The number of amides is 1. The van der Waals surface area contributed by atoms with Crippen molar-refractivity contribution in [2.75, 3.05) is 10.6 Å². The average molecular weight is 375 g/mol. The van der Waals surface area contributed by atoms with Crippen molar-refractivity contribution in [2.45, 2.75) is 39.8 Å². The maximum Gasteiger partial charge on any atom is 0.243 e. The van der Waals surface area contributed by atoms with Gasteiger partial charge in [-0.3, -0.25) is 9.10 Å². The molecule has 1 N–H and O–H groups in total. The van der Waals surface area contributed by atoms with Crippen LogP contribution in [0.25, 0.3) is 0 Å². The van der Waals surface area contributed by atoms with E-state index in [9.17, 15) is 13.2 Å². The molecule has 1 atom stereocenters. The summed E-state index contributed by atoms with van der Waals surface area (Å²) in [5, 5.41) is 2.82. The molecule has 0 radical (unpaired) electrons. The summed E-state index contributed by atoms with van der Waals surface area (Å²) in [6.07, 6.45) is 1.98. The first kappa shape index (κ1) is 20.0. The molecule has 0 fully saturated rings. The van der Waals surface area contributed by atoms with E-state index in [1.165, 1.54) is 0 Å². The summed E-state index contributed by atoms with van der Waals surface area (Å²) in [4.78, 5) is 12.6. The third-order valence-electron chi connectivity index (χ3n) is 4.27. The Morgan fingerprint density at radius 1 is 1.04 bits per heavy atom. The van der Waals surface area contributed by atoms with Crippen LogP contribution in [0.1, 0.15) is 30.5 Å². The van der Waals surface area contributed by atoms with Crippen molar-refractivity contribution in [1.29, 1.82) is 0 Å². The Morgan fingerprint density at radius 2 is 1.58 bits per heavy atom. The largest absolute Gasteiger partial charge is 0.350 e. The quantitative estimate of drug-likeness (QED) is 0.810. The normalized spacial score (nSPS) is 12.5. The fourth-order valence-electron chi connectivity index (χ4n) is 2.73. The van der Waals surface area contributed by atoms with Crippen LogP contribution in [0.2, 0.25) is 0 Å². The highest BCUT2D eigenvalue weighted by molar-refractivity contribution is 7.92. The van der Waals surface area contributed by atoms with Gasteiger partial charge in [0.2, 0.25) is 15.9 Å². The summed E-state index contributed by atoms with van der Waals surface area (Å²) >= 11 is 0. The molecule has 140 valence electrons. The van der Waals surface area contributed by atoms with Crippen molar-refractivity contribution in [3.05, 3.63) is 65.2 Å². The summed E-state index contributed by atoms with van der Waals surface area (Å²) in [5.74, 6) is -0.337. The second kappa shape index (κ2) is 8.36. The number of anilines is 1. The zero-order chi connectivity index (χ0) is 19.3. The summed E-state index contributed by atoms with van der Waals surface area (Å²) in [6.45, 7) is 5.98. The smallest absolute Gasteiger partial charge is 0.243 e. The van der Waals surface area contributed by atoms with Crippen LogP contribution in [0.4, 0.5) is 5.69 Å². The Labute approximate surface area is 156 Å². The molecule has 6 heteroatoms. The fourth-order valence-corrected chi connectivity index (χ4v) is 3.91. The van der Waals surface area contributed by atoms with Crippen LogP contribution < -0.4 is 9.62 Å². The van der Waals surface area contributed by atoms with Crippen molar-refractivity contribution in [3.8, 4) is 0 Å². The molecule has 0 aliphatic heterocycles. The number of sulfonamides is 1. The van der Waals surface area contributed by atoms with E-state index < -0.39 is 16.1 Å². The Balaban J connectivity index is 2.16. The molecular formula is C20H26N2O3S. The zero-order valence-electron chi connectivity index (χ0n) is 15.7. The van der Waals surface area contributed by atoms with Crippen molar-refractivity contribution in [3.63, 3.8) is 0 Å². The van der Waals surface area contributed by atoms with Crippen molar-refractivity contribution in [1.82, 2.24) is 5.32 Å². The van der Waals surface area contributed by atoms with Gasteiger partial charge in [0, 0.05) is 6.54 Å². The minimum absolute atomic E-state index is 0.337. The van der Waals surface area contributed by atoms with Gasteiger partial charge >= 0.3 is 0 Å². The molecule has 0 aliphatic rings. The molecule has 2 rings (SSSR count). The molecule has 5 nitrogen and oxygen atoms in total. The zero-order valence-corrected chi connectivity index (χ0v) is 16.5. The van der Waals surface area contributed by atoms with Gasteiger partial charge in [-0.15, -0.1) is 0 Å². The van der Waals surface area contributed by atoms with Gasteiger partial charge in [0.25, 0.3) is 0 Å². The lowest BCUT2D eigenvalue weighted by molar-refractivity contribution is -0.122. The van der Waals surface area contributed by atoms with E-state index in [0.717, 1.165) is 33.7 Å². The van der Waals surface area contributed by atoms with Crippen LogP contribution in [0.15, 0.2) is 48.5 Å². The minimum atomic E-state index is -3.60. The molecule has 0 aromatic heterocycles. The predicted molar refractivity (Wildman–Crippen MR) is 106 cm³/mol. The van der Waals surface area contributed by atoms with Gasteiger partial charge < -0.3 is 5.32 Å². The molecular weight excluding hydrogens is 348 g/mol. The molecule has 0 spiro atoms. The second-order valence-electron chi connectivity index (χ2n) is 6.46. The van der Waals surface area contributed by atoms with Crippen LogP contribution >= 0.6 is 0 Å². The van der Waals surface area contributed by atoms with E-state index in [1.54, 1.807) is 19.1 Å². The molecule has 0 bridgehead atoms. The van der Waals surface area contributed by atoms with E-state index in [4.69, 9.17) is 0 Å².